The molecule has 3 rings (SSSR count). The van der Waals surface area contributed by atoms with Crippen LogP contribution in [0.15, 0.2) is 78.9 Å². The molecule has 0 spiro atoms. The molecule has 3 amide bonds. The summed E-state index contributed by atoms with van der Waals surface area (Å²) in [6.45, 7) is 0.413. The summed E-state index contributed by atoms with van der Waals surface area (Å²) in [7, 11) is 5.55. The van der Waals surface area contributed by atoms with Crippen molar-refractivity contribution in [2.75, 3.05) is 38.4 Å². The first-order valence-corrected chi connectivity index (χ1v) is 10.3. The zero-order valence-corrected chi connectivity index (χ0v) is 18.5. The Bertz CT molecular complexity index is 1050. The average Bonchev–Trinajstić information content (AvgIpc) is 2.80. The Balaban J connectivity index is 1.59. The molecule has 3 N–H and O–H groups in total. The van der Waals surface area contributed by atoms with Crippen LogP contribution in [-0.4, -0.2) is 44.6 Å². The number of anilines is 2. The Morgan fingerprint density at radius 3 is 2.25 bits per heavy atom. The van der Waals surface area contributed by atoms with Gasteiger partial charge in [-0.3, -0.25) is 4.79 Å². The Morgan fingerprint density at radius 2 is 1.56 bits per heavy atom. The van der Waals surface area contributed by atoms with Gasteiger partial charge in [-0.25, -0.2) is 4.79 Å². The molecular formula is C25H28N4O3. The number of carbonyl (C=O) groups excluding carboxylic acids is 2. The lowest BCUT2D eigenvalue weighted by Gasteiger charge is -2.25. The number of nitrogens with one attached hydrogen (secondary N) is 3. The highest BCUT2D eigenvalue weighted by Crippen LogP contribution is 2.22. The molecule has 0 aliphatic heterocycles. The van der Waals surface area contributed by atoms with Crippen LogP contribution in [0.3, 0.4) is 0 Å². The second-order valence-corrected chi connectivity index (χ2v) is 7.49. The maximum Gasteiger partial charge on any atom is 0.319 e. The summed E-state index contributed by atoms with van der Waals surface area (Å²) in [5, 5.41) is 8.57. The number of benzene rings is 3. The topological polar surface area (TPSA) is 82.7 Å². The van der Waals surface area contributed by atoms with Gasteiger partial charge in [0.15, 0.2) is 0 Å². The Labute approximate surface area is 188 Å². The van der Waals surface area contributed by atoms with Crippen LogP contribution in [0.1, 0.15) is 22.0 Å². The molecule has 1 unspecified atom stereocenters. The normalized spacial score (nSPS) is 11.5. The minimum absolute atomic E-state index is 0.0210. The third-order valence-electron chi connectivity index (χ3n) is 4.97. The highest BCUT2D eigenvalue weighted by molar-refractivity contribution is 6.04. The standard InChI is InChI=1S/C25H28N4O3/c1-29(2)23(19-11-7-14-22(15-19)32-3)17-26-25(31)28-21-13-8-12-20(16-21)27-24(30)18-9-5-4-6-10-18/h4-16,23H,17H2,1-3H3,(H,27,30)(H2,26,28,31). The molecule has 7 nitrogen and oxygen atoms in total. The van der Waals surface area contributed by atoms with Crippen LogP contribution in [0.5, 0.6) is 5.75 Å². The van der Waals surface area contributed by atoms with Gasteiger partial charge in [-0.05, 0) is 62.1 Å². The monoisotopic (exact) mass is 432 g/mol. The van der Waals surface area contributed by atoms with Crippen LogP contribution in [0.2, 0.25) is 0 Å². The molecule has 0 radical (unpaired) electrons. The summed E-state index contributed by atoms with van der Waals surface area (Å²) in [5.74, 6) is 0.562. The van der Waals surface area contributed by atoms with Gasteiger partial charge in [0, 0.05) is 23.5 Å². The minimum Gasteiger partial charge on any atom is -0.497 e. The van der Waals surface area contributed by atoms with Gasteiger partial charge >= 0.3 is 6.03 Å². The van der Waals surface area contributed by atoms with E-state index in [-0.39, 0.29) is 18.0 Å². The van der Waals surface area contributed by atoms with E-state index in [2.05, 4.69) is 16.0 Å². The number of rotatable bonds is 8. The van der Waals surface area contributed by atoms with E-state index in [1.807, 2.05) is 61.5 Å². The minimum atomic E-state index is -0.328. The highest BCUT2D eigenvalue weighted by Gasteiger charge is 2.16. The Hall–Kier alpha value is -3.84. The van der Waals surface area contributed by atoms with Gasteiger partial charge in [0.25, 0.3) is 5.91 Å². The fourth-order valence-electron chi connectivity index (χ4n) is 3.28. The predicted octanol–water partition coefficient (Wildman–Crippen LogP) is 4.37. The van der Waals surface area contributed by atoms with Crippen molar-refractivity contribution in [3.8, 4) is 5.75 Å². The van der Waals surface area contributed by atoms with Crippen molar-refractivity contribution in [3.05, 3.63) is 90.0 Å². The van der Waals surface area contributed by atoms with Crippen LogP contribution in [0.4, 0.5) is 16.2 Å². The van der Waals surface area contributed by atoms with Crippen molar-refractivity contribution >= 4 is 23.3 Å². The predicted molar refractivity (Wildman–Crippen MR) is 127 cm³/mol. The van der Waals surface area contributed by atoms with E-state index in [1.165, 1.54) is 0 Å². The fourth-order valence-corrected chi connectivity index (χ4v) is 3.28. The molecule has 0 saturated heterocycles. The van der Waals surface area contributed by atoms with Crippen molar-refractivity contribution in [3.63, 3.8) is 0 Å². The second kappa shape index (κ2) is 11.0. The van der Waals surface area contributed by atoms with Gasteiger partial charge in [0.1, 0.15) is 5.75 Å². The number of amides is 3. The lowest BCUT2D eigenvalue weighted by atomic mass is 10.1. The van der Waals surface area contributed by atoms with Crippen LogP contribution in [0.25, 0.3) is 0 Å². The zero-order chi connectivity index (χ0) is 22.9. The first-order chi connectivity index (χ1) is 15.5. The number of hydrogen-bond donors (Lipinski definition) is 3. The third-order valence-corrected chi connectivity index (χ3v) is 4.97. The molecule has 0 aliphatic carbocycles. The lowest BCUT2D eigenvalue weighted by Crippen LogP contribution is -2.36. The molecule has 0 bridgehead atoms. The quantitative estimate of drug-likeness (QED) is 0.494. The first-order valence-electron chi connectivity index (χ1n) is 10.3. The van der Waals surface area contributed by atoms with Gasteiger partial charge in [-0.1, -0.05) is 36.4 Å². The molecule has 3 aromatic carbocycles. The number of likely N-dealkylation sites (N-methyl/N-ethyl adjacent to an activating group) is 1. The number of ether oxygens (including phenoxy) is 1. The lowest BCUT2D eigenvalue weighted by molar-refractivity contribution is 0.102. The number of hydrogen-bond acceptors (Lipinski definition) is 4. The van der Waals surface area contributed by atoms with E-state index in [1.54, 1.807) is 43.5 Å². The van der Waals surface area contributed by atoms with E-state index in [0.717, 1.165) is 11.3 Å². The van der Waals surface area contributed by atoms with Crippen molar-refractivity contribution in [2.45, 2.75) is 6.04 Å². The summed E-state index contributed by atoms with van der Waals surface area (Å²) >= 11 is 0. The van der Waals surface area contributed by atoms with Crippen molar-refractivity contribution < 1.29 is 14.3 Å². The highest BCUT2D eigenvalue weighted by atomic mass is 16.5. The smallest absolute Gasteiger partial charge is 0.319 e. The number of carbonyl (C=O) groups is 2. The SMILES string of the molecule is COc1cccc(C(CNC(=O)Nc2cccc(NC(=O)c3ccccc3)c2)N(C)C)c1. The summed E-state index contributed by atoms with van der Waals surface area (Å²) in [4.78, 5) is 26.9. The van der Waals surface area contributed by atoms with Crippen LogP contribution in [-0.2, 0) is 0 Å². The van der Waals surface area contributed by atoms with Crippen molar-refractivity contribution in [1.82, 2.24) is 10.2 Å². The van der Waals surface area contributed by atoms with E-state index in [9.17, 15) is 9.59 Å². The number of urea groups is 1. The molecule has 0 aliphatic rings. The van der Waals surface area contributed by atoms with Crippen LogP contribution >= 0.6 is 0 Å². The molecule has 0 fully saturated rings. The molecule has 166 valence electrons. The van der Waals surface area contributed by atoms with Gasteiger partial charge in [0.05, 0.1) is 13.2 Å². The van der Waals surface area contributed by atoms with Crippen LogP contribution in [0, 0.1) is 0 Å². The number of methoxy groups -OCH3 is 1. The summed E-state index contributed by atoms with van der Waals surface area (Å²) in [6.07, 6.45) is 0. The van der Waals surface area contributed by atoms with Crippen LogP contribution < -0.4 is 20.7 Å². The van der Waals surface area contributed by atoms with E-state index in [4.69, 9.17) is 4.74 Å². The summed E-state index contributed by atoms with van der Waals surface area (Å²) in [6, 6.07) is 23.4. The molecule has 0 heterocycles. The van der Waals surface area contributed by atoms with Gasteiger partial charge in [0.2, 0.25) is 0 Å². The first kappa shape index (κ1) is 22.8. The van der Waals surface area contributed by atoms with Gasteiger partial charge < -0.3 is 25.6 Å². The molecular weight excluding hydrogens is 404 g/mol. The average molecular weight is 433 g/mol. The molecule has 7 heteroatoms. The maximum atomic E-state index is 12.5. The molecule has 1 atom stereocenters. The Morgan fingerprint density at radius 1 is 0.875 bits per heavy atom. The third kappa shape index (κ3) is 6.33. The molecule has 0 aromatic heterocycles. The number of nitrogens with zero attached hydrogens (tertiary/aromatic N) is 1. The molecule has 32 heavy (non-hydrogen) atoms. The fraction of sp³-hybridized carbons (Fsp3) is 0.200. The maximum absolute atomic E-state index is 12.5. The Kier molecular flexibility index (Phi) is 7.83. The summed E-state index contributed by atoms with van der Waals surface area (Å²) in [5.41, 5.74) is 2.78. The van der Waals surface area contributed by atoms with E-state index in [0.29, 0.717) is 23.5 Å². The van der Waals surface area contributed by atoms with Gasteiger partial charge in [-0.15, -0.1) is 0 Å². The van der Waals surface area contributed by atoms with E-state index < -0.39 is 0 Å². The second-order valence-electron chi connectivity index (χ2n) is 7.49. The zero-order valence-electron chi connectivity index (χ0n) is 18.5. The summed E-state index contributed by atoms with van der Waals surface area (Å²) < 4.78 is 5.31. The molecule has 3 aromatic rings. The van der Waals surface area contributed by atoms with Crippen molar-refractivity contribution in [2.24, 2.45) is 0 Å². The largest absolute Gasteiger partial charge is 0.497 e. The molecule has 0 saturated carbocycles. The van der Waals surface area contributed by atoms with Gasteiger partial charge in [-0.2, -0.15) is 0 Å². The van der Waals surface area contributed by atoms with Crippen molar-refractivity contribution in [1.29, 1.82) is 0 Å². The van der Waals surface area contributed by atoms with E-state index >= 15 is 0 Å².